The van der Waals surface area contributed by atoms with Crippen LogP contribution in [0.3, 0.4) is 0 Å². The molecule has 2 unspecified atom stereocenters. The van der Waals surface area contributed by atoms with E-state index in [0.717, 1.165) is 24.3 Å². The lowest BCUT2D eigenvalue weighted by Gasteiger charge is -2.28. The van der Waals surface area contributed by atoms with Gasteiger partial charge in [-0.1, -0.05) is 20.8 Å². The number of anilines is 1. The number of benzene rings is 1. The molecule has 1 saturated heterocycles. The number of hydrogen-bond acceptors (Lipinski definition) is 2. The second-order valence-electron chi connectivity index (χ2n) is 6.79. The van der Waals surface area contributed by atoms with E-state index in [1.165, 1.54) is 12.5 Å². The van der Waals surface area contributed by atoms with Gasteiger partial charge in [-0.25, -0.2) is 4.39 Å². The van der Waals surface area contributed by atoms with E-state index in [1.54, 1.807) is 6.07 Å². The number of rotatable bonds is 2. The topological polar surface area (TPSA) is 29.3 Å². The summed E-state index contributed by atoms with van der Waals surface area (Å²) in [5.74, 6) is 0.473. The largest absolute Gasteiger partial charge is 0.371 e. The van der Waals surface area contributed by atoms with Gasteiger partial charge in [-0.3, -0.25) is 0 Å². The highest BCUT2D eigenvalue weighted by atomic mass is 19.1. The molecule has 2 atom stereocenters. The van der Waals surface area contributed by atoms with Gasteiger partial charge in [-0.2, -0.15) is 0 Å². The SMILES string of the molecule is CC(N)c1cc(F)ccc1N1CCC(C(C)(C)C)C1. The molecule has 1 aliphatic heterocycles. The average Bonchev–Trinajstić information content (AvgIpc) is 2.77. The van der Waals surface area contributed by atoms with Crippen LogP contribution in [-0.4, -0.2) is 13.1 Å². The van der Waals surface area contributed by atoms with Gasteiger partial charge >= 0.3 is 0 Å². The second-order valence-corrected chi connectivity index (χ2v) is 6.79. The van der Waals surface area contributed by atoms with E-state index in [2.05, 4.69) is 25.7 Å². The van der Waals surface area contributed by atoms with Gasteiger partial charge in [0.05, 0.1) is 0 Å². The fourth-order valence-electron chi connectivity index (χ4n) is 2.86. The lowest BCUT2D eigenvalue weighted by Crippen LogP contribution is -2.27. The Labute approximate surface area is 115 Å². The van der Waals surface area contributed by atoms with Crippen LogP contribution in [-0.2, 0) is 0 Å². The van der Waals surface area contributed by atoms with Crippen molar-refractivity contribution >= 4 is 5.69 Å². The molecule has 0 radical (unpaired) electrons. The van der Waals surface area contributed by atoms with Crippen molar-refractivity contribution < 1.29 is 4.39 Å². The molecule has 1 aromatic rings. The summed E-state index contributed by atoms with van der Waals surface area (Å²) in [6, 6.07) is 4.84. The zero-order valence-corrected chi connectivity index (χ0v) is 12.4. The van der Waals surface area contributed by atoms with E-state index in [4.69, 9.17) is 5.73 Å². The highest BCUT2D eigenvalue weighted by molar-refractivity contribution is 5.55. The third-order valence-corrected chi connectivity index (χ3v) is 4.23. The Bertz CT molecular complexity index is 449. The van der Waals surface area contributed by atoms with Gasteiger partial charge in [-0.15, -0.1) is 0 Å². The van der Waals surface area contributed by atoms with Crippen LogP contribution < -0.4 is 10.6 Å². The Morgan fingerprint density at radius 3 is 2.58 bits per heavy atom. The number of hydrogen-bond donors (Lipinski definition) is 1. The van der Waals surface area contributed by atoms with Gasteiger partial charge in [0.2, 0.25) is 0 Å². The van der Waals surface area contributed by atoms with E-state index >= 15 is 0 Å². The second kappa shape index (κ2) is 5.12. The highest BCUT2D eigenvalue weighted by Crippen LogP contribution is 2.37. The molecule has 19 heavy (non-hydrogen) atoms. The molecule has 0 saturated carbocycles. The van der Waals surface area contributed by atoms with E-state index in [-0.39, 0.29) is 11.9 Å². The number of nitrogens with two attached hydrogens (primary N) is 1. The predicted octanol–water partition coefficient (Wildman–Crippen LogP) is 3.72. The van der Waals surface area contributed by atoms with Crippen molar-refractivity contribution in [3.63, 3.8) is 0 Å². The summed E-state index contributed by atoms with van der Waals surface area (Å²) in [5.41, 5.74) is 8.31. The number of nitrogens with zero attached hydrogens (tertiary/aromatic N) is 1. The van der Waals surface area contributed by atoms with Crippen LogP contribution in [0.5, 0.6) is 0 Å². The number of halogens is 1. The Balaban J connectivity index is 2.24. The minimum absolute atomic E-state index is 0.139. The van der Waals surface area contributed by atoms with Crippen LogP contribution in [0.2, 0.25) is 0 Å². The van der Waals surface area contributed by atoms with Gasteiger partial charge in [0, 0.05) is 24.8 Å². The molecule has 0 spiro atoms. The average molecular weight is 264 g/mol. The zero-order chi connectivity index (χ0) is 14.2. The Hall–Kier alpha value is -1.09. The van der Waals surface area contributed by atoms with Gasteiger partial charge in [0.1, 0.15) is 5.82 Å². The predicted molar refractivity (Wildman–Crippen MR) is 78.8 cm³/mol. The molecule has 106 valence electrons. The smallest absolute Gasteiger partial charge is 0.123 e. The van der Waals surface area contributed by atoms with E-state index in [1.807, 2.05) is 13.0 Å². The molecule has 1 aliphatic rings. The van der Waals surface area contributed by atoms with Crippen LogP contribution in [0.25, 0.3) is 0 Å². The van der Waals surface area contributed by atoms with Gasteiger partial charge in [0.15, 0.2) is 0 Å². The summed E-state index contributed by atoms with van der Waals surface area (Å²) in [6.07, 6.45) is 1.19. The molecule has 0 aromatic heterocycles. The maximum absolute atomic E-state index is 13.4. The molecule has 2 rings (SSSR count). The Morgan fingerprint density at radius 1 is 1.37 bits per heavy atom. The fourth-order valence-corrected chi connectivity index (χ4v) is 2.86. The summed E-state index contributed by atoms with van der Waals surface area (Å²) >= 11 is 0. The molecule has 0 aliphatic carbocycles. The van der Waals surface area contributed by atoms with Crippen LogP contribution in [0.4, 0.5) is 10.1 Å². The molecule has 1 heterocycles. The summed E-state index contributed by atoms with van der Waals surface area (Å²) in [7, 11) is 0. The highest BCUT2D eigenvalue weighted by Gasteiger charge is 2.32. The molecule has 0 amide bonds. The monoisotopic (exact) mass is 264 g/mol. The molecule has 1 aromatic carbocycles. The van der Waals surface area contributed by atoms with Crippen molar-refractivity contribution in [1.29, 1.82) is 0 Å². The van der Waals surface area contributed by atoms with Crippen molar-refractivity contribution in [3.8, 4) is 0 Å². The van der Waals surface area contributed by atoms with E-state index < -0.39 is 0 Å². The van der Waals surface area contributed by atoms with Crippen molar-refractivity contribution in [2.24, 2.45) is 17.1 Å². The maximum Gasteiger partial charge on any atom is 0.123 e. The van der Waals surface area contributed by atoms with Gasteiger partial charge in [-0.05, 0) is 48.4 Å². The lowest BCUT2D eigenvalue weighted by atomic mass is 9.80. The normalized spacial score (nSPS) is 21.8. The third kappa shape index (κ3) is 3.08. The van der Waals surface area contributed by atoms with Crippen LogP contribution >= 0.6 is 0 Å². The van der Waals surface area contributed by atoms with Crippen molar-refractivity contribution in [3.05, 3.63) is 29.6 Å². The van der Waals surface area contributed by atoms with Crippen molar-refractivity contribution in [1.82, 2.24) is 0 Å². The summed E-state index contributed by atoms with van der Waals surface area (Å²) in [6.45, 7) is 10.9. The first kappa shape index (κ1) is 14.3. The summed E-state index contributed by atoms with van der Waals surface area (Å²) in [4.78, 5) is 2.36. The Morgan fingerprint density at radius 2 is 2.05 bits per heavy atom. The standard InChI is InChI=1S/C16H25FN2/c1-11(18)14-9-13(17)5-6-15(14)19-8-7-12(10-19)16(2,3)4/h5-6,9,11-12H,7-8,10,18H2,1-4H3. The minimum atomic E-state index is -0.206. The quantitative estimate of drug-likeness (QED) is 0.882. The molecular formula is C16H25FN2. The molecule has 1 fully saturated rings. The fraction of sp³-hybridized carbons (Fsp3) is 0.625. The third-order valence-electron chi connectivity index (χ3n) is 4.23. The first-order valence-electron chi connectivity index (χ1n) is 7.09. The Kier molecular flexibility index (Phi) is 3.86. The minimum Gasteiger partial charge on any atom is -0.371 e. The molecule has 2 nitrogen and oxygen atoms in total. The lowest BCUT2D eigenvalue weighted by molar-refractivity contribution is 0.263. The van der Waals surface area contributed by atoms with E-state index in [9.17, 15) is 4.39 Å². The molecule has 0 bridgehead atoms. The first-order chi connectivity index (χ1) is 8.79. The molecular weight excluding hydrogens is 239 g/mol. The van der Waals surface area contributed by atoms with Crippen LogP contribution in [0.1, 0.15) is 45.7 Å². The maximum atomic E-state index is 13.4. The van der Waals surface area contributed by atoms with E-state index in [0.29, 0.717) is 11.3 Å². The van der Waals surface area contributed by atoms with Crippen molar-refractivity contribution in [2.75, 3.05) is 18.0 Å². The molecule has 3 heteroatoms. The molecule has 2 N–H and O–H groups in total. The van der Waals surface area contributed by atoms with Crippen LogP contribution in [0.15, 0.2) is 18.2 Å². The van der Waals surface area contributed by atoms with Gasteiger partial charge < -0.3 is 10.6 Å². The van der Waals surface area contributed by atoms with Crippen LogP contribution in [0, 0.1) is 17.2 Å². The van der Waals surface area contributed by atoms with Crippen molar-refractivity contribution in [2.45, 2.75) is 40.2 Å². The zero-order valence-electron chi connectivity index (χ0n) is 12.4. The summed E-state index contributed by atoms with van der Waals surface area (Å²) < 4.78 is 13.4. The van der Waals surface area contributed by atoms with Gasteiger partial charge in [0.25, 0.3) is 0 Å². The summed E-state index contributed by atoms with van der Waals surface area (Å²) in [5, 5.41) is 0. The first-order valence-corrected chi connectivity index (χ1v) is 7.09.